The van der Waals surface area contributed by atoms with E-state index in [2.05, 4.69) is 5.48 Å². The molecule has 1 aromatic rings. The van der Waals surface area contributed by atoms with E-state index in [1.807, 2.05) is 30.3 Å². The van der Waals surface area contributed by atoms with Crippen LogP contribution in [0.4, 0.5) is 5.69 Å². The Bertz CT molecular complexity index is 226. The van der Waals surface area contributed by atoms with Crippen LogP contribution in [-0.2, 0) is 9.57 Å². The van der Waals surface area contributed by atoms with E-state index in [9.17, 15) is 0 Å². The molecule has 0 saturated carbocycles. The quantitative estimate of drug-likeness (QED) is 0.535. The molecule has 0 bridgehead atoms. The van der Waals surface area contributed by atoms with Crippen LogP contribution in [0, 0.1) is 0 Å². The number of hydrogen-bond donors (Lipinski definition) is 1. The molecule has 0 aliphatic carbocycles. The average molecular weight is 195 g/mol. The van der Waals surface area contributed by atoms with Crippen LogP contribution in [0.15, 0.2) is 30.3 Å². The molecule has 1 rings (SSSR count). The fourth-order valence-electron chi connectivity index (χ4n) is 1.06. The maximum atomic E-state index is 5.26. The maximum Gasteiger partial charge on any atom is 0.0746 e. The summed E-state index contributed by atoms with van der Waals surface area (Å²) >= 11 is 0. The summed E-state index contributed by atoms with van der Waals surface area (Å²) in [6, 6.07) is 9.85. The van der Waals surface area contributed by atoms with Gasteiger partial charge in [-0.15, -0.1) is 0 Å². The molecule has 78 valence electrons. The molecule has 0 radical (unpaired) electrons. The largest absolute Gasteiger partial charge is 0.385 e. The Balaban J connectivity index is 1.99. The number of rotatable bonds is 7. The number of anilines is 1. The van der Waals surface area contributed by atoms with Gasteiger partial charge in [-0.1, -0.05) is 18.2 Å². The topological polar surface area (TPSA) is 30.5 Å². The number of para-hydroxylation sites is 1. The van der Waals surface area contributed by atoms with Gasteiger partial charge in [0.1, 0.15) is 0 Å². The van der Waals surface area contributed by atoms with Crippen molar-refractivity contribution in [2.45, 2.75) is 12.8 Å². The van der Waals surface area contributed by atoms with Crippen LogP contribution in [0.1, 0.15) is 12.8 Å². The molecule has 3 nitrogen and oxygen atoms in total. The molecule has 0 saturated heterocycles. The monoisotopic (exact) mass is 195 g/mol. The second-order valence-corrected chi connectivity index (χ2v) is 3.02. The predicted octanol–water partition coefficient (Wildman–Crippen LogP) is 2.46. The third-order valence-corrected chi connectivity index (χ3v) is 1.81. The van der Waals surface area contributed by atoms with Gasteiger partial charge in [0.2, 0.25) is 0 Å². The van der Waals surface area contributed by atoms with Crippen LogP contribution < -0.4 is 5.48 Å². The first kappa shape index (κ1) is 11.0. The Morgan fingerprint density at radius 1 is 1.07 bits per heavy atom. The van der Waals surface area contributed by atoms with Gasteiger partial charge in [0.15, 0.2) is 0 Å². The summed E-state index contributed by atoms with van der Waals surface area (Å²) in [5.41, 5.74) is 3.87. The van der Waals surface area contributed by atoms with E-state index in [4.69, 9.17) is 9.57 Å². The maximum absolute atomic E-state index is 5.26. The summed E-state index contributed by atoms with van der Waals surface area (Å²) < 4.78 is 4.93. The molecule has 0 aromatic heterocycles. The highest BCUT2D eigenvalue weighted by Crippen LogP contribution is 2.04. The third kappa shape index (κ3) is 4.84. The van der Waals surface area contributed by atoms with Crippen LogP contribution >= 0.6 is 0 Å². The molecule has 0 unspecified atom stereocenters. The SMILES string of the molecule is COCCCCONc1ccccc1. The number of nitrogens with one attached hydrogen (secondary N) is 1. The zero-order valence-electron chi connectivity index (χ0n) is 8.53. The van der Waals surface area contributed by atoms with Crippen LogP contribution in [0.25, 0.3) is 0 Å². The number of methoxy groups -OCH3 is 1. The lowest BCUT2D eigenvalue weighted by Gasteiger charge is -2.06. The molecule has 3 heteroatoms. The van der Waals surface area contributed by atoms with Crippen molar-refractivity contribution in [1.29, 1.82) is 0 Å². The van der Waals surface area contributed by atoms with E-state index in [1.54, 1.807) is 7.11 Å². The zero-order valence-corrected chi connectivity index (χ0v) is 8.53. The number of benzene rings is 1. The Morgan fingerprint density at radius 3 is 2.50 bits per heavy atom. The molecule has 0 amide bonds. The Hall–Kier alpha value is -1.06. The summed E-state index contributed by atoms with van der Waals surface area (Å²) in [4.78, 5) is 5.26. The van der Waals surface area contributed by atoms with E-state index in [0.29, 0.717) is 6.61 Å². The van der Waals surface area contributed by atoms with Gasteiger partial charge in [0, 0.05) is 13.7 Å². The second-order valence-electron chi connectivity index (χ2n) is 3.02. The molecule has 0 aliphatic heterocycles. The van der Waals surface area contributed by atoms with Crippen molar-refractivity contribution in [3.05, 3.63) is 30.3 Å². The van der Waals surface area contributed by atoms with Gasteiger partial charge < -0.3 is 4.74 Å². The van der Waals surface area contributed by atoms with Crippen LogP contribution in [-0.4, -0.2) is 20.3 Å². The lowest BCUT2D eigenvalue weighted by Crippen LogP contribution is -2.03. The number of ether oxygens (including phenoxy) is 1. The molecule has 14 heavy (non-hydrogen) atoms. The van der Waals surface area contributed by atoms with Gasteiger partial charge in [-0.2, -0.15) is 0 Å². The van der Waals surface area contributed by atoms with Crippen molar-refractivity contribution in [3.63, 3.8) is 0 Å². The molecule has 0 fully saturated rings. The molecule has 1 N–H and O–H groups in total. The van der Waals surface area contributed by atoms with Gasteiger partial charge in [0.05, 0.1) is 12.3 Å². The summed E-state index contributed by atoms with van der Waals surface area (Å²) in [7, 11) is 1.71. The lowest BCUT2D eigenvalue weighted by molar-refractivity contribution is 0.157. The Morgan fingerprint density at radius 2 is 1.79 bits per heavy atom. The van der Waals surface area contributed by atoms with Crippen molar-refractivity contribution < 1.29 is 9.57 Å². The van der Waals surface area contributed by atoms with Crippen LogP contribution in [0.2, 0.25) is 0 Å². The molecule has 0 heterocycles. The van der Waals surface area contributed by atoms with Gasteiger partial charge in [-0.25, -0.2) is 0 Å². The minimum atomic E-state index is 0.707. The molecule has 0 aliphatic rings. The van der Waals surface area contributed by atoms with Crippen molar-refractivity contribution in [3.8, 4) is 0 Å². The van der Waals surface area contributed by atoms with E-state index >= 15 is 0 Å². The molecule has 1 aromatic carbocycles. The minimum absolute atomic E-state index is 0.707. The normalized spacial score (nSPS) is 10.1. The third-order valence-electron chi connectivity index (χ3n) is 1.81. The highest BCUT2D eigenvalue weighted by Gasteiger charge is 1.90. The first-order valence-electron chi connectivity index (χ1n) is 4.85. The molecule has 0 atom stereocenters. The first-order valence-corrected chi connectivity index (χ1v) is 4.85. The van der Waals surface area contributed by atoms with Crippen molar-refractivity contribution >= 4 is 5.69 Å². The Labute approximate surface area is 85.0 Å². The molecular formula is C11H17NO2. The fourth-order valence-corrected chi connectivity index (χ4v) is 1.06. The van der Waals surface area contributed by atoms with Gasteiger partial charge >= 0.3 is 0 Å². The summed E-state index contributed by atoms with van der Waals surface area (Å²) in [5.74, 6) is 0. The summed E-state index contributed by atoms with van der Waals surface area (Å²) in [6.07, 6.45) is 2.04. The van der Waals surface area contributed by atoms with Gasteiger partial charge in [0.25, 0.3) is 0 Å². The standard InChI is InChI=1S/C11H17NO2/c1-13-9-5-6-10-14-12-11-7-3-2-4-8-11/h2-4,7-8,12H,5-6,9-10H2,1H3. The first-order chi connectivity index (χ1) is 6.93. The lowest BCUT2D eigenvalue weighted by atomic mass is 10.3. The summed E-state index contributed by atoms with van der Waals surface area (Å²) in [6.45, 7) is 1.51. The van der Waals surface area contributed by atoms with Gasteiger partial charge in [-0.05, 0) is 25.0 Å². The number of unbranched alkanes of at least 4 members (excludes halogenated alkanes) is 1. The van der Waals surface area contributed by atoms with Gasteiger partial charge in [-0.3, -0.25) is 10.3 Å². The van der Waals surface area contributed by atoms with E-state index in [1.165, 1.54) is 0 Å². The van der Waals surface area contributed by atoms with Crippen molar-refractivity contribution in [2.24, 2.45) is 0 Å². The van der Waals surface area contributed by atoms with Crippen molar-refractivity contribution in [2.75, 3.05) is 25.8 Å². The molecular weight excluding hydrogens is 178 g/mol. The summed E-state index contributed by atoms with van der Waals surface area (Å²) in [5, 5.41) is 0. The predicted molar refractivity (Wildman–Crippen MR) is 57.1 cm³/mol. The fraction of sp³-hybridized carbons (Fsp3) is 0.455. The average Bonchev–Trinajstić information content (AvgIpc) is 2.25. The van der Waals surface area contributed by atoms with E-state index in [0.717, 1.165) is 25.1 Å². The minimum Gasteiger partial charge on any atom is -0.385 e. The van der Waals surface area contributed by atoms with E-state index < -0.39 is 0 Å². The number of hydrogen-bond acceptors (Lipinski definition) is 3. The molecule has 0 spiro atoms. The second kappa shape index (κ2) is 7.35. The highest BCUT2D eigenvalue weighted by atomic mass is 16.6. The smallest absolute Gasteiger partial charge is 0.0746 e. The van der Waals surface area contributed by atoms with Crippen LogP contribution in [0.5, 0.6) is 0 Å². The van der Waals surface area contributed by atoms with E-state index in [-0.39, 0.29) is 0 Å². The Kier molecular flexibility index (Phi) is 5.79. The zero-order chi connectivity index (χ0) is 10.1. The van der Waals surface area contributed by atoms with Crippen molar-refractivity contribution in [1.82, 2.24) is 0 Å². The van der Waals surface area contributed by atoms with Crippen LogP contribution in [0.3, 0.4) is 0 Å². The highest BCUT2D eigenvalue weighted by molar-refractivity contribution is 5.39.